The Bertz CT molecular complexity index is 650. The third-order valence-electron chi connectivity index (χ3n) is 3.92. The van der Waals surface area contributed by atoms with Crippen LogP contribution in [0.4, 0.5) is 0 Å². The molecule has 0 aliphatic carbocycles. The largest absolute Gasteiger partial charge is 0.336 e. The molecule has 3 heterocycles. The van der Waals surface area contributed by atoms with Crippen molar-refractivity contribution >= 4 is 6.41 Å². The highest BCUT2D eigenvalue weighted by Gasteiger charge is 2.27. The van der Waals surface area contributed by atoms with Crippen LogP contribution in [-0.4, -0.2) is 37.5 Å². The molecule has 1 atom stereocenters. The number of H-pyrrole nitrogens is 1. The molecular formula is C15H19N5O. The number of rotatable bonds is 3. The van der Waals surface area contributed by atoms with Gasteiger partial charge in [-0.25, -0.2) is 9.97 Å². The molecule has 0 fully saturated rings. The van der Waals surface area contributed by atoms with Crippen LogP contribution in [0.1, 0.15) is 43.8 Å². The number of hydrogen-bond acceptors (Lipinski definition) is 4. The van der Waals surface area contributed by atoms with E-state index in [1.807, 2.05) is 13.0 Å². The van der Waals surface area contributed by atoms with Gasteiger partial charge < -0.3 is 4.90 Å². The summed E-state index contributed by atoms with van der Waals surface area (Å²) in [5.41, 5.74) is 3.89. The number of aromatic amines is 1. The van der Waals surface area contributed by atoms with E-state index >= 15 is 0 Å². The Balaban J connectivity index is 2.16. The molecular weight excluding hydrogens is 266 g/mol. The number of amides is 1. The molecule has 110 valence electrons. The van der Waals surface area contributed by atoms with Crippen molar-refractivity contribution in [1.29, 1.82) is 0 Å². The number of hydrogen-bond donors (Lipinski definition) is 1. The number of carbonyl (C=O) groups excluding carboxylic acids is 1. The molecule has 1 N–H and O–H groups in total. The SMILES string of the molecule is CC(C)c1nc2c(c(-c3ccn[nH]3)n1)CC(C)N(C=O)C2. The summed E-state index contributed by atoms with van der Waals surface area (Å²) in [4.78, 5) is 22.4. The molecule has 0 spiro atoms. The molecule has 0 saturated heterocycles. The van der Waals surface area contributed by atoms with E-state index in [9.17, 15) is 4.79 Å². The van der Waals surface area contributed by atoms with Crippen LogP contribution in [-0.2, 0) is 17.8 Å². The topological polar surface area (TPSA) is 74.8 Å². The second kappa shape index (κ2) is 5.27. The summed E-state index contributed by atoms with van der Waals surface area (Å²) < 4.78 is 0. The van der Waals surface area contributed by atoms with Crippen LogP contribution in [0.5, 0.6) is 0 Å². The molecule has 1 aliphatic heterocycles. The molecule has 2 aromatic rings. The standard InChI is InChI=1S/C15H19N5O/c1-9(2)15-17-13-7-20(8-21)10(3)6-11(13)14(18-15)12-4-5-16-19-12/h4-5,8-10H,6-7H2,1-3H3,(H,16,19). The van der Waals surface area contributed by atoms with Gasteiger partial charge in [0.1, 0.15) is 5.82 Å². The van der Waals surface area contributed by atoms with Gasteiger partial charge in [0, 0.05) is 23.7 Å². The Morgan fingerprint density at radius 3 is 2.86 bits per heavy atom. The van der Waals surface area contributed by atoms with E-state index in [0.29, 0.717) is 6.54 Å². The van der Waals surface area contributed by atoms with E-state index in [2.05, 4.69) is 29.0 Å². The van der Waals surface area contributed by atoms with E-state index < -0.39 is 0 Å². The van der Waals surface area contributed by atoms with Gasteiger partial charge in [0.05, 0.1) is 23.6 Å². The van der Waals surface area contributed by atoms with Crippen LogP contribution in [0.2, 0.25) is 0 Å². The van der Waals surface area contributed by atoms with Crippen molar-refractivity contribution in [2.24, 2.45) is 0 Å². The summed E-state index contributed by atoms with van der Waals surface area (Å²) in [7, 11) is 0. The van der Waals surface area contributed by atoms with Crippen molar-refractivity contribution in [3.8, 4) is 11.4 Å². The average molecular weight is 285 g/mol. The highest BCUT2D eigenvalue weighted by atomic mass is 16.1. The zero-order valence-electron chi connectivity index (χ0n) is 12.5. The van der Waals surface area contributed by atoms with E-state index in [-0.39, 0.29) is 12.0 Å². The van der Waals surface area contributed by atoms with Crippen molar-refractivity contribution < 1.29 is 4.79 Å². The smallest absolute Gasteiger partial charge is 0.210 e. The van der Waals surface area contributed by atoms with E-state index in [1.165, 1.54) is 0 Å². The normalized spacial score (nSPS) is 17.9. The second-order valence-corrected chi connectivity index (χ2v) is 5.81. The monoisotopic (exact) mass is 285 g/mol. The van der Waals surface area contributed by atoms with Gasteiger partial charge in [-0.15, -0.1) is 0 Å². The van der Waals surface area contributed by atoms with Gasteiger partial charge in [0.2, 0.25) is 6.41 Å². The van der Waals surface area contributed by atoms with Gasteiger partial charge in [-0.2, -0.15) is 5.10 Å². The maximum atomic E-state index is 11.2. The Hall–Kier alpha value is -2.24. The number of nitrogens with one attached hydrogen (secondary N) is 1. The van der Waals surface area contributed by atoms with Crippen LogP contribution >= 0.6 is 0 Å². The Kier molecular flexibility index (Phi) is 3.45. The lowest BCUT2D eigenvalue weighted by Crippen LogP contribution is -2.38. The number of carbonyl (C=O) groups is 1. The third-order valence-corrected chi connectivity index (χ3v) is 3.92. The molecule has 1 amide bonds. The Labute approximate surface area is 123 Å². The number of nitrogens with zero attached hydrogens (tertiary/aromatic N) is 4. The van der Waals surface area contributed by atoms with Crippen molar-refractivity contribution in [1.82, 2.24) is 25.1 Å². The molecule has 2 aromatic heterocycles. The van der Waals surface area contributed by atoms with Gasteiger partial charge in [0.25, 0.3) is 0 Å². The first-order chi connectivity index (χ1) is 10.1. The Morgan fingerprint density at radius 2 is 2.24 bits per heavy atom. The first-order valence-electron chi connectivity index (χ1n) is 7.20. The van der Waals surface area contributed by atoms with Crippen molar-refractivity contribution in [2.45, 2.75) is 45.7 Å². The highest BCUT2D eigenvalue weighted by Crippen LogP contribution is 2.30. The van der Waals surface area contributed by atoms with E-state index in [4.69, 9.17) is 4.98 Å². The van der Waals surface area contributed by atoms with Gasteiger partial charge in [-0.3, -0.25) is 9.89 Å². The number of fused-ring (bicyclic) bond motifs is 1. The minimum atomic E-state index is 0.158. The molecule has 6 heteroatoms. The maximum Gasteiger partial charge on any atom is 0.210 e. The maximum absolute atomic E-state index is 11.2. The molecule has 0 radical (unpaired) electrons. The minimum Gasteiger partial charge on any atom is -0.336 e. The van der Waals surface area contributed by atoms with Gasteiger partial charge >= 0.3 is 0 Å². The van der Waals surface area contributed by atoms with Gasteiger partial charge in [-0.1, -0.05) is 13.8 Å². The first-order valence-corrected chi connectivity index (χ1v) is 7.20. The highest BCUT2D eigenvalue weighted by molar-refractivity contribution is 5.61. The van der Waals surface area contributed by atoms with Crippen LogP contribution in [0.15, 0.2) is 12.3 Å². The molecule has 0 saturated carbocycles. The lowest BCUT2D eigenvalue weighted by atomic mass is 9.96. The third kappa shape index (κ3) is 2.41. The van der Waals surface area contributed by atoms with E-state index in [0.717, 1.165) is 41.3 Å². The minimum absolute atomic E-state index is 0.158. The zero-order chi connectivity index (χ0) is 15.0. The molecule has 0 aromatic carbocycles. The van der Waals surface area contributed by atoms with Crippen LogP contribution in [0, 0.1) is 0 Å². The van der Waals surface area contributed by atoms with Crippen LogP contribution in [0.25, 0.3) is 11.4 Å². The predicted octanol–water partition coefficient (Wildman–Crippen LogP) is 1.89. The Morgan fingerprint density at radius 1 is 1.43 bits per heavy atom. The van der Waals surface area contributed by atoms with Gasteiger partial charge in [0.15, 0.2) is 0 Å². The van der Waals surface area contributed by atoms with Crippen LogP contribution in [0.3, 0.4) is 0 Å². The first kappa shape index (κ1) is 13.7. The summed E-state index contributed by atoms with van der Waals surface area (Å²) >= 11 is 0. The van der Waals surface area contributed by atoms with Crippen molar-refractivity contribution in [3.05, 3.63) is 29.3 Å². The summed E-state index contributed by atoms with van der Waals surface area (Å²) in [6.45, 7) is 6.73. The quantitative estimate of drug-likeness (QED) is 0.874. The summed E-state index contributed by atoms with van der Waals surface area (Å²) in [5.74, 6) is 1.04. The zero-order valence-corrected chi connectivity index (χ0v) is 12.5. The average Bonchev–Trinajstić information content (AvgIpc) is 2.99. The van der Waals surface area contributed by atoms with Gasteiger partial charge in [-0.05, 0) is 19.4 Å². The molecule has 6 nitrogen and oxygen atoms in total. The molecule has 21 heavy (non-hydrogen) atoms. The number of aromatic nitrogens is 4. The molecule has 3 rings (SSSR count). The predicted molar refractivity (Wildman–Crippen MR) is 78.5 cm³/mol. The van der Waals surface area contributed by atoms with E-state index in [1.54, 1.807) is 11.1 Å². The lowest BCUT2D eigenvalue weighted by Gasteiger charge is -2.32. The van der Waals surface area contributed by atoms with Crippen molar-refractivity contribution in [3.63, 3.8) is 0 Å². The van der Waals surface area contributed by atoms with Crippen LogP contribution < -0.4 is 0 Å². The summed E-state index contributed by atoms with van der Waals surface area (Å²) in [6, 6.07) is 2.08. The lowest BCUT2D eigenvalue weighted by molar-refractivity contribution is -0.120. The van der Waals surface area contributed by atoms with Crippen molar-refractivity contribution in [2.75, 3.05) is 0 Å². The molecule has 1 aliphatic rings. The fourth-order valence-electron chi connectivity index (χ4n) is 2.65. The second-order valence-electron chi connectivity index (χ2n) is 5.81. The summed E-state index contributed by atoms with van der Waals surface area (Å²) in [5, 5.41) is 7.01. The molecule has 1 unspecified atom stereocenters. The fourth-order valence-corrected chi connectivity index (χ4v) is 2.65. The molecule has 0 bridgehead atoms. The summed E-state index contributed by atoms with van der Waals surface area (Å²) in [6.07, 6.45) is 3.39. The fraction of sp³-hybridized carbons (Fsp3) is 0.467.